The third kappa shape index (κ3) is 5.51. The Morgan fingerprint density at radius 2 is 1.69 bits per heavy atom. The van der Waals surface area contributed by atoms with Gasteiger partial charge in [-0.15, -0.1) is 0 Å². The van der Waals surface area contributed by atoms with Gasteiger partial charge in [0.25, 0.3) is 5.91 Å². The summed E-state index contributed by atoms with van der Waals surface area (Å²) in [5.74, 6) is 0.654. The molecule has 39 heavy (non-hydrogen) atoms. The summed E-state index contributed by atoms with van der Waals surface area (Å²) in [6.07, 6.45) is 8.35. The number of methoxy groups -OCH3 is 1. The summed E-state index contributed by atoms with van der Waals surface area (Å²) in [5.41, 5.74) is 2.96. The van der Waals surface area contributed by atoms with E-state index in [1.807, 2.05) is 0 Å². The second-order valence-electron chi connectivity index (χ2n) is 11.7. The van der Waals surface area contributed by atoms with Crippen LogP contribution in [-0.4, -0.2) is 70.1 Å². The van der Waals surface area contributed by atoms with Gasteiger partial charge in [0.1, 0.15) is 5.69 Å². The van der Waals surface area contributed by atoms with Crippen LogP contribution in [0.3, 0.4) is 0 Å². The number of aliphatic hydroxyl groups is 1. The van der Waals surface area contributed by atoms with Gasteiger partial charge in [0.05, 0.1) is 36.5 Å². The SMILES string of the molecule is COc1ccc(C(=O)Nc2ccc(NS(=O)(=O)CCO)cc2N2CCC3(CC2)CC3)nc1N1CCC2(CC2)C1. The first-order valence-electron chi connectivity index (χ1n) is 13.8. The van der Waals surface area contributed by atoms with E-state index in [1.54, 1.807) is 37.4 Å². The number of ether oxygens (including phenoxy) is 1. The summed E-state index contributed by atoms with van der Waals surface area (Å²) in [7, 11) is -2.05. The lowest BCUT2D eigenvalue weighted by Gasteiger charge is -2.35. The van der Waals surface area contributed by atoms with Gasteiger partial charge in [0.15, 0.2) is 11.6 Å². The zero-order chi connectivity index (χ0) is 27.3. The fraction of sp³-hybridized carbons (Fsp3) is 0.571. The maximum Gasteiger partial charge on any atom is 0.274 e. The van der Waals surface area contributed by atoms with Crippen molar-refractivity contribution in [3.05, 3.63) is 36.0 Å². The average Bonchev–Trinajstić information content (AvgIpc) is 3.82. The van der Waals surface area contributed by atoms with Gasteiger partial charge in [-0.25, -0.2) is 13.4 Å². The second-order valence-corrected chi connectivity index (χ2v) is 13.6. The summed E-state index contributed by atoms with van der Waals surface area (Å²) < 4.78 is 32.7. The maximum absolute atomic E-state index is 13.5. The Morgan fingerprint density at radius 3 is 2.33 bits per heavy atom. The Hall–Kier alpha value is -3.05. The van der Waals surface area contributed by atoms with E-state index in [2.05, 4.69) is 19.8 Å². The number of carbonyl (C=O) groups is 1. The number of nitrogens with zero attached hydrogens (tertiary/aromatic N) is 3. The van der Waals surface area contributed by atoms with Crippen molar-refractivity contribution in [2.75, 3.05) is 65.5 Å². The lowest BCUT2D eigenvalue weighted by molar-refractivity contribution is 0.102. The summed E-state index contributed by atoms with van der Waals surface area (Å²) >= 11 is 0. The molecule has 3 heterocycles. The summed E-state index contributed by atoms with van der Waals surface area (Å²) in [5, 5.41) is 12.1. The van der Waals surface area contributed by atoms with E-state index < -0.39 is 16.6 Å². The van der Waals surface area contributed by atoms with Gasteiger partial charge in [-0.1, -0.05) is 0 Å². The molecule has 4 aliphatic rings. The molecule has 11 heteroatoms. The normalized spacial score (nSPS) is 20.8. The van der Waals surface area contributed by atoms with E-state index in [9.17, 15) is 13.2 Å². The highest BCUT2D eigenvalue weighted by Gasteiger charge is 2.48. The molecule has 2 spiro atoms. The van der Waals surface area contributed by atoms with Crippen LogP contribution in [0.15, 0.2) is 30.3 Å². The molecular formula is C28H37N5O5S. The van der Waals surface area contributed by atoms with Gasteiger partial charge < -0.3 is 25.0 Å². The number of aromatic nitrogens is 1. The minimum Gasteiger partial charge on any atom is -0.493 e. The number of anilines is 4. The quantitative estimate of drug-likeness (QED) is 0.430. The second kappa shape index (κ2) is 9.85. The van der Waals surface area contributed by atoms with Crippen LogP contribution in [0.1, 0.15) is 55.4 Å². The molecule has 0 unspecified atom stereocenters. The Kier molecular flexibility index (Phi) is 6.61. The number of pyridine rings is 1. The number of carbonyl (C=O) groups excluding carboxylic acids is 1. The number of rotatable bonds is 9. The lowest BCUT2D eigenvalue weighted by Crippen LogP contribution is -2.35. The third-order valence-electron chi connectivity index (χ3n) is 8.99. The molecule has 1 amide bonds. The van der Waals surface area contributed by atoms with Crippen LogP contribution in [0, 0.1) is 10.8 Å². The van der Waals surface area contributed by atoms with Crippen molar-refractivity contribution in [2.24, 2.45) is 10.8 Å². The van der Waals surface area contributed by atoms with Gasteiger partial charge in [0.2, 0.25) is 10.0 Å². The van der Waals surface area contributed by atoms with Crippen molar-refractivity contribution in [1.29, 1.82) is 0 Å². The van der Waals surface area contributed by atoms with Crippen LogP contribution < -0.4 is 24.6 Å². The van der Waals surface area contributed by atoms with Crippen LogP contribution in [-0.2, 0) is 10.0 Å². The number of amides is 1. The van der Waals surface area contributed by atoms with Gasteiger partial charge in [0, 0.05) is 26.2 Å². The number of hydrogen-bond acceptors (Lipinski definition) is 8. The molecule has 4 fully saturated rings. The molecule has 10 nitrogen and oxygen atoms in total. The van der Waals surface area contributed by atoms with Crippen LogP contribution in [0.2, 0.25) is 0 Å². The molecule has 0 bridgehead atoms. The molecule has 2 aliphatic heterocycles. The Bertz CT molecular complexity index is 1360. The monoisotopic (exact) mass is 555 g/mol. The maximum atomic E-state index is 13.5. The predicted octanol–water partition coefficient (Wildman–Crippen LogP) is 3.45. The van der Waals surface area contributed by atoms with Crippen LogP contribution >= 0.6 is 0 Å². The number of nitrogens with one attached hydrogen (secondary N) is 2. The fourth-order valence-corrected chi connectivity index (χ4v) is 6.88. The predicted molar refractivity (Wildman–Crippen MR) is 151 cm³/mol. The van der Waals surface area contributed by atoms with Crippen molar-refractivity contribution < 1.29 is 23.1 Å². The van der Waals surface area contributed by atoms with Gasteiger partial charge >= 0.3 is 0 Å². The van der Waals surface area contributed by atoms with Crippen molar-refractivity contribution in [3.63, 3.8) is 0 Å². The highest BCUT2D eigenvalue weighted by molar-refractivity contribution is 7.92. The first-order chi connectivity index (χ1) is 18.7. The molecule has 2 aliphatic carbocycles. The van der Waals surface area contributed by atoms with Crippen molar-refractivity contribution in [3.8, 4) is 5.75 Å². The van der Waals surface area contributed by atoms with E-state index in [0.717, 1.165) is 51.1 Å². The lowest BCUT2D eigenvalue weighted by atomic mass is 9.93. The van der Waals surface area contributed by atoms with E-state index in [-0.39, 0.29) is 11.7 Å². The van der Waals surface area contributed by atoms with Crippen molar-refractivity contribution in [1.82, 2.24) is 4.98 Å². The molecule has 3 N–H and O–H groups in total. The number of sulfonamides is 1. The summed E-state index contributed by atoms with van der Waals surface area (Å²) in [4.78, 5) is 22.7. The molecule has 6 rings (SSSR count). The minimum atomic E-state index is -3.68. The number of piperidine rings is 1. The Labute approximate surface area is 229 Å². The third-order valence-corrected chi connectivity index (χ3v) is 10.3. The molecule has 0 radical (unpaired) electrons. The smallest absolute Gasteiger partial charge is 0.274 e. The summed E-state index contributed by atoms with van der Waals surface area (Å²) in [6, 6.07) is 8.60. The molecule has 2 aromatic rings. The molecule has 1 aromatic carbocycles. The molecule has 2 saturated carbocycles. The number of hydrogen-bond donors (Lipinski definition) is 3. The summed E-state index contributed by atoms with van der Waals surface area (Å²) in [6.45, 7) is 3.08. The van der Waals surface area contributed by atoms with E-state index in [0.29, 0.717) is 39.5 Å². The zero-order valence-electron chi connectivity index (χ0n) is 22.4. The largest absolute Gasteiger partial charge is 0.493 e. The van der Waals surface area contributed by atoms with Crippen molar-refractivity contribution in [2.45, 2.75) is 44.9 Å². The van der Waals surface area contributed by atoms with Gasteiger partial charge in [-0.2, -0.15) is 0 Å². The molecular weight excluding hydrogens is 518 g/mol. The highest BCUT2D eigenvalue weighted by atomic mass is 32.2. The molecule has 210 valence electrons. The first kappa shape index (κ1) is 26.2. The van der Waals surface area contributed by atoms with E-state index in [1.165, 1.54) is 25.7 Å². The number of aliphatic hydroxyl groups excluding tert-OH is 1. The van der Waals surface area contributed by atoms with Gasteiger partial charge in [-0.3, -0.25) is 9.52 Å². The Balaban J connectivity index is 1.25. The van der Waals surface area contributed by atoms with Crippen LogP contribution in [0.5, 0.6) is 5.75 Å². The van der Waals surface area contributed by atoms with Crippen LogP contribution in [0.25, 0.3) is 0 Å². The minimum absolute atomic E-state index is 0.303. The molecule has 2 saturated heterocycles. The van der Waals surface area contributed by atoms with Crippen molar-refractivity contribution >= 4 is 38.8 Å². The fourth-order valence-electron chi connectivity index (χ4n) is 6.05. The van der Waals surface area contributed by atoms with E-state index in [4.69, 9.17) is 14.8 Å². The Morgan fingerprint density at radius 1 is 1.00 bits per heavy atom. The average molecular weight is 556 g/mol. The number of benzene rings is 1. The van der Waals surface area contributed by atoms with E-state index >= 15 is 0 Å². The van der Waals surface area contributed by atoms with Gasteiger partial charge in [-0.05, 0) is 86.1 Å². The zero-order valence-corrected chi connectivity index (χ0v) is 23.2. The standard InChI is InChI=1S/C28H37N5O5S/c1-38-24-5-4-22(29-25(24)33-15-12-28(19-33)8-9-28)26(35)30-21-3-2-20(31-39(36,37)17-16-34)18-23(21)32-13-10-27(6-7-27)11-14-32/h2-5,18,31,34H,6-17,19H2,1H3,(H,30,35). The topological polar surface area (TPSA) is 124 Å². The first-order valence-corrected chi connectivity index (χ1v) is 15.5. The molecule has 0 atom stereocenters. The highest BCUT2D eigenvalue weighted by Crippen LogP contribution is 2.55. The van der Waals surface area contributed by atoms with Crippen LogP contribution in [0.4, 0.5) is 22.9 Å². The molecule has 1 aromatic heterocycles.